The van der Waals surface area contributed by atoms with Gasteiger partial charge in [0, 0.05) is 17.8 Å². The van der Waals surface area contributed by atoms with Gasteiger partial charge in [-0.15, -0.1) is 0 Å². The van der Waals surface area contributed by atoms with Crippen LogP contribution in [0, 0.1) is 0 Å². The quantitative estimate of drug-likeness (QED) is 0.796. The van der Waals surface area contributed by atoms with Crippen LogP contribution >= 0.6 is 11.5 Å². The summed E-state index contributed by atoms with van der Waals surface area (Å²) >= 11 is 1.63. The number of benzene rings is 1. The maximum absolute atomic E-state index is 4.62. The van der Waals surface area contributed by atoms with Gasteiger partial charge in [0.15, 0.2) is 0 Å². The van der Waals surface area contributed by atoms with Crippen LogP contribution in [0.4, 0.5) is 0 Å². The van der Waals surface area contributed by atoms with Crippen LogP contribution in [0.25, 0.3) is 10.1 Å². The van der Waals surface area contributed by atoms with Crippen LogP contribution in [0.15, 0.2) is 24.3 Å². The Morgan fingerprint density at radius 1 is 1.33 bits per heavy atom. The van der Waals surface area contributed by atoms with Gasteiger partial charge in [-0.05, 0) is 37.0 Å². The standard InChI is InChI=1S/C12H14N2S/c1-2-6-11-10(5-1)12(14-15-11)9-4-3-7-13-8-9/h1-2,5-6,9,13H,3-4,7-8H2. The second kappa shape index (κ2) is 3.91. The minimum atomic E-state index is 0.620. The zero-order valence-electron chi connectivity index (χ0n) is 8.57. The third kappa shape index (κ3) is 1.66. The van der Waals surface area contributed by atoms with E-state index in [9.17, 15) is 0 Å². The number of nitrogens with one attached hydrogen (secondary N) is 1. The van der Waals surface area contributed by atoms with Gasteiger partial charge in [-0.3, -0.25) is 0 Å². The Kier molecular flexibility index (Phi) is 2.43. The highest BCUT2D eigenvalue weighted by atomic mass is 32.1. The molecule has 2 aromatic rings. The Labute approximate surface area is 93.5 Å². The van der Waals surface area contributed by atoms with Crippen molar-refractivity contribution in [3.63, 3.8) is 0 Å². The first kappa shape index (κ1) is 9.31. The molecule has 3 heteroatoms. The molecule has 1 aliphatic rings. The van der Waals surface area contributed by atoms with Crippen molar-refractivity contribution in [1.29, 1.82) is 0 Å². The summed E-state index contributed by atoms with van der Waals surface area (Å²) in [6, 6.07) is 8.55. The number of hydrogen-bond acceptors (Lipinski definition) is 3. The average molecular weight is 218 g/mol. The predicted octanol–water partition coefficient (Wildman–Crippen LogP) is 2.76. The van der Waals surface area contributed by atoms with Crippen molar-refractivity contribution in [2.75, 3.05) is 13.1 Å². The molecule has 1 N–H and O–H groups in total. The lowest BCUT2D eigenvalue weighted by Crippen LogP contribution is -2.28. The first-order chi connectivity index (χ1) is 7.45. The number of aromatic nitrogens is 1. The SMILES string of the molecule is c1ccc2c(C3CCCNC3)nsc2c1. The second-order valence-electron chi connectivity index (χ2n) is 4.11. The summed E-state index contributed by atoms with van der Waals surface area (Å²) in [7, 11) is 0. The molecule has 78 valence electrons. The molecule has 0 amide bonds. The largest absolute Gasteiger partial charge is 0.316 e. The van der Waals surface area contributed by atoms with E-state index >= 15 is 0 Å². The van der Waals surface area contributed by atoms with Gasteiger partial charge in [0.25, 0.3) is 0 Å². The van der Waals surface area contributed by atoms with Crippen molar-refractivity contribution < 1.29 is 0 Å². The maximum atomic E-state index is 4.62. The molecule has 0 radical (unpaired) electrons. The molecule has 0 bridgehead atoms. The minimum absolute atomic E-state index is 0.620. The van der Waals surface area contributed by atoms with Gasteiger partial charge in [-0.2, -0.15) is 4.37 Å². The highest BCUT2D eigenvalue weighted by Crippen LogP contribution is 2.31. The Balaban J connectivity index is 2.02. The first-order valence-electron chi connectivity index (χ1n) is 5.50. The van der Waals surface area contributed by atoms with Crippen molar-refractivity contribution in [2.24, 2.45) is 0 Å². The van der Waals surface area contributed by atoms with Crippen LogP contribution in [-0.2, 0) is 0 Å². The molecule has 15 heavy (non-hydrogen) atoms. The summed E-state index contributed by atoms with van der Waals surface area (Å²) in [6.07, 6.45) is 2.55. The van der Waals surface area contributed by atoms with Crippen molar-refractivity contribution >= 4 is 21.6 Å². The minimum Gasteiger partial charge on any atom is -0.316 e. The van der Waals surface area contributed by atoms with Gasteiger partial charge in [-0.25, -0.2) is 0 Å². The molecule has 0 saturated carbocycles. The summed E-state index contributed by atoms with van der Waals surface area (Å²) in [5.41, 5.74) is 1.31. The van der Waals surface area contributed by atoms with Crippen LogP contribution in [0.5, 0.6) is 0 Å². The molecular formula is C12H14N2S. The summed E-state index contributed by atoms with van der Waals surface area (Å²) < 4.78 is 5.94. The maximum Gasteiger partial charge on any atom is 0.0664 e. The molecule has 0 spiro atoms. The average Bonchev–Trinajstić information content (AvgIpc) is 2.74. The van der Waals surface area contributed by atoms with E-state index in [1.807, 2.05) is 0 Å². The van der Waals surface area contributed by atoms with Crippen molar-refractivity contribution in [3.8, 4) is 0 Å². The number of piperidine rings is 1. The van der Waals surface area contributed by atoms with Crippen LogP contribution in [-0.4, -0.2) is 17.5 Å². The van der Waals surface area contributed by atoms with E-state index in [1.165, 1.54) is 35.2 Å². The van der Waals surface area contributed by atoms with E-state index in [2.05, 4.69) is 34.0 Å². The lowest BCUT2D eigenvalue weighted by Gasteiger charge is -2.21. The third-order valence-corrected chi connectivity index (χ3v) is 3.93. The summed E-state index contributed by atoms with van der Waals surface area (Å²) in [5.74, 6) is 0.620. The third-order valence-electron chi connectivity index (χ3n) is 3.09. The van der Waals surface area contributed by atoms with Gasteiger partial charge in [0.1, 0.15) is 0 Å². The van der Waals surface area contributed by atoms with E-state index in [0.717, 1.165) is 6.54 Å². The molecule has 2 nitrogen and oxygen atoms in total. The van der Waals surface area contributed by atoms with Gasteiger partial charge in [0.2, 0.25) is 0 Å². The van der Waals surface area contributed by atoms with Crippen LogP contribution in [0.3, 0.4) is 0 Å². The fraction of sp³-hybridized carbons (Fsp3) is 0.417. The molecule has 1 unspecified atom stereocenters. The molecule has 1 fully saturated rings. The number of fused-ring (bicyclic) bond motifs is 1. The van der Waals surface area contributed by atoms with Gasteiger partial charge < -0.3 is 5.32 Å². The fourth-order valence-corrected chi connectivity index (χ4v) is 3.14. The van der Waals surface area contributed by atoms with Gasteiger partial charge in [0.05, 0.1) is 10.4 Å². The Hall–Kier alpha value is -0.930. The number of hydrogen-bond donors (Lipinski definition) is 1. The molecule has 1 aromatic heterocycles. The molecule has 1 saturated heterocycles. The first-order valence-corrected chi connectivity index (χ1v) is 6.27. The molecular weight excluding hydrogens is 204 g/mol. The van der Waals surface area contributed by atoms with Crippen LogP contribution in [0.1, 0.15) is 24.5 Å². The van der Waals surface area contributed by atoms with Crippen molar-refractivity contribution in [2.45, 2.75) is 18.8 Å². The van der Waals surface area contributed by atoms with E-state index in [-0.39, 0.29) is 0 Å². The molecule has 3 rings (SSSR count). The Morgan fingerprint density at radius 2 is 2.27 bits per heavy atom. The fourth-order valence-electron chi connectivity index (χ4n) is 2.29. The molecule has 1 aliphatic heterocycles. The predicted molar refractivity (Wildman–Crippen MR) is 64.5 cm³/mol. The summed E-state index contributed by atoms with van der Waals surface area (Å²) in [5, 5.41) is 4.81. The van der Waals surface area contributed by atoms with E-state index in [0.29, 0.717) is 5.92 Å². The Bertz CT molecular complexity index is 457. The highest BCUT2D eigenvalue weighted by Gasteiger charge is 2.19. The Morgan fingerprint density at radius 3 is 3.13 bits per heavy atom. The van der Waals surface area contributed by atoms with Crippen LogP contribution in [0.2, 0.25) is 0 Å². The monoisotopic (exact) mass is 218 g/mol. The molecule has 0 aliphatic carbocycles. The molecule has 2 heterocycles. The van der Waals surface area contributed by atoms with Crippen molar-refractivity contribution in [3.05, 3.63) is 30.0 Å². The van der Waals surface area contributed by atoms with E-state index in [1.54, 1.807) is 11.5 Å². The van der Waals surface area contributed by atoms with Crippen LogP contribution < -0.4 is 5.32 Å². The summed E-state index contributed by atoms with van der Waals surface area (Å²) in [6.45, 7) is 2.26. The lowest BCUT2D eigenvalue weighted by atomic mass is 9.94. The van der Waals surface area contributed by atoms with Gasteiger partial charge in [-0.1, -0.05) is 18.2 Å². The highest BCUT2D eigenvalue weighted by molar-refractivity contribution is 7.13. The van der Waals surface area contributed by atoms with Crippen molar-refractivity contribution in [1.82, 2.24) is 9.69 Å². The summed E-state index contributed by atoms with van der Waals surface area (Å²) in [4.78, 5) is 0. The van der Waals surface area contributed by atoms with Gasteiger partial charge >= 0.3 is 0 Å². The second-order valence-corrected chi connectivity index (χ2v) is 4.91. The normalized spacial score (nSPS) is 22.0. The number of nitrogens with zero attached hydrogens (tertiary/aromatic N) is 1. The lowest BCUT2D eigenvalue weighted by molar-refractivity contribution is 0.459. The van der Waals surface area contributed by atoms with E-state index in [4.69, 9.17) is 0 Å². The smallest absolute Gasteiger partial charge is 0.0664 e. The number of rotatable bonds is 1. The molecule has 1 aromatic carbocycles. The molecule has 1 atom stereocenters. The zero-order chi connectivity index (χ0) is 10.1. The topological polar surface area (TPSA) is 24.9 Å². The van der Waals surface area contributed by atoms with E-state index < -0.39 is 0 Å². The zero-order valence-corrected chi connectivity index (χ0v) is 9.39.